The van der Waals surface area contributed by atoms with Crippen LogP contribution in [0.4, 0.5) is 0 Å². The van der Waals surface area contributed by atoms with Crippen molar-refractivity contribution in [1.82, 2.24) is 0 Å². The summed E-state index contributed by atoms with van der Waals surface area (Å²) in [7, 11) is 0. The van der Waals surface area contributed by atoms with Gasteiger partial charge in [-0.25, -0.2) is 0 Å². The van der Waals surface area contributed by atoms with Gasteiger partial charge in [0.25, 0.3) is 0 Å². The van der Waals surface area contributed by atoms with Gasteiger partial charge >= 0.3 is 0 Å². The summed E-state index contributed by atoms with van der Waals surface area (Å²) in [5, 5.41) is 0.864. The average molecular weight is 397 g/mol. The van der Waals surface area contributed by atoms with Gasteiger partial charge in [0.1, 0.15) is 0 Å². The van der Waals surface area contributed by atoms with Gasteiger partial charge in [-0.3, -0.25) is 0 Å². The third kappa shape index (κ3) is 2.11. The normalized spacial score (nSPS) is 18.7. The molecule has 0 atom stereocenters. The molecule has 3 aromatic carbocycles. The lowest BCUT2D eigenvalue weighted by molar-refractivity contribution is 0.651. The van der Waals surface area contributed by atoms with Crippen LogP contribution in [0.1, 0.15) is 67.5 Å². The van der Waals surface area contributed by atoms with E-state index in [4.69, 9.17) is 11.6 Å². The highest BCUT2D eigenvalue weighted by molar-refractivity contribution is 6.34. The zero-order chi connectivity index (χ0) is 20.1. The van der Waals surface area contributed by atoms with Gasteiger partial charge in [-0.15, -0.1) is 0 Å². The molecule has 0 saturated heterocycles. The summed E-state index contributed by atoms with van der Waals surface area (Å²) >= 11 is 6.71. The third-order valence-corrected chi connectivity index (χ3v) is 7.90. The van der Waals surface area contributed by atoms with E-state index in [1.54, 1.807) is 0 Å². The molecule has 6 rings (SSSR count). The number of hydrogen-bond acceptors (Lipinski definition) is 0. The van der Waals surface area contributed by atoms with E-state index in [1.807, 2.05) is 6.07 Å². The lowest BCUT2D eigenvalue weighted by Crippen LogP contribution is -2.17. The summed E-state index contributed by atoms with van der Waals surface area (Å²) in [6.07, 6.45) is 6.91. The van der Waals surface area contributed by atoms with Gasteiger partial charge in [-0.1, -0.05) is 69.6 Å². The van der Waals surface area contributed by atoms with Crippen molar-refractivity contribution in [3.05, 3.63) is 86.9 Å². The van der Waals surface area contributed by atoms with Crippen LogP contribution in [0.25, 0.3) is 28.3 Å². The van der Waals surface area contributed by atoms with Gasteiger partial charge in [0, 0.05) is 21.4 Å². The number of allylic oxidation sites excluding steroid dienone is 1. The van der Waals surface area contributed by atoms with E-state index in [-0.39, 0.29) is 10.8 Å². The van der Waals surface area contributed by atoms with Gasteiger partial charge < -0.3 is 0 Å². The molecule has 144 valence electrons. The molecule has 0 radical (unpaired) electrons. The molecule has 29 heavy (non-hydrogen) atoms. The molecule has 0 aliphatic heterocycles. The second-order valence-electron chi connectivity index (χ2n) is 9.89. The Bertz CT molecular complexity index is 1250. The first-order valence-electron chi connectivity index (χ1n) is 10.6. The molecular weight excluding hydrogens is 372 g/mol. The summed E-state index contributed by atoms with van der Waals surface area (Å²) in [4.78, 5) is 0. The number of aryl methyl sites for hydroxylation is 1. The fraction of sp³-hybridized carbons (Fsp3) is 0.286. The summed E-state index contributed by atoms with van der Waals surface area (Å²) in [5.74, 6) is 0. The van der Waals surface area contributed by atoms with E-state index in [2.05, 4.69) is 76.2 Å². The minimum atomic E-state index is -0.0361. The lowest BCUT2D eigenvalue weighted by Gasteiger charge is -2.24. The van der Waals surface area contributed by atoms with Crippen LogP contribution in [0.3, 0.4) is 0 Å². The molecule has 3 aromatic rings. The third-order valence-electron chi connectivity index (χ3n) is 7.58. The quantitative estimate of drug-likeness (QED) is 0.362. The van der Waals surface area contributed by atoms with Crippen LogP contribution in [-0.2, 0) is 17.3 Å². The lowest BCUT2D eigenvalue weighted by atomic mass is 9.79. The Labute approximate surface area is 178 Å². The molecule has 0 heterocycles. The zero-order valence-corrected chi connectivity index (χ0v) is 18.2. The number of fused-ring (bicyclic) bond motifs is 7. The molecule has 0 amide bonds. The maximum absolute atomic E-state index is 6.71. The first-order valence-corrected chi connectivity index (χ1v) is 11.0. The summed E-state index contributed by atoms with van der Waals surface area (Å²) in [6.45, 7) is 9.42. The molecule has 3 aliphatic rings. The monoisotopic (exact) mass is 396 g/mol. The molecule has 1 heteroatoms. The second kappa shape index (κ2) is 5.43. The number of halogens is 1. The molecule has 0 bridgehead atoms. The van der Waals surface area contributed by atoms with E-state index < -0.39 is 0 Å². The van der Waals surface area contributed by atoms with Crippen molar-refractivity contribution in [1.29, 1.82) is 0 Å². The van der Waals surface area contributed by atoms with Crippen molar-refractivity contribution in [2.45, 2.75) is 51.4 Å². The van der Waals surface area contributed by atoms with Crippen LogP contribution >= 0.6 is 11.6 Å². The van der Waals surface area contributed by atoms with Gasteiger partial charge in [0.05, 0.1) is 0 Å². The van der Waals surface area contributed by atoms with Gasteiger partial charge in [0.15, 0.2) is 0 Å². The first kappa shape index (κ1) is 17.5. The summed E-state index contributed by atoms with van der Waals surface area (Å²) in [5.41, 5.74) is 13.9. The van der Waals surface area contributed by atoms with Crippen LogP contribution in [0.2, 0.25) is 5.02 Å². The first-order chi connectivity index (χ1) is 13.8. The fourth-order valence-electron chi connectivity index (χ4n) is 5.89. The zero-order valence-electron chi connectivity index (χ0n) is 17.5. The summed E-state index contributed by atoms with van der Waals surface area (Å²) in [6, 6.07) is 16.2. The Balaban J connectivity index is 1.67. The van der Waals surface area contributed by atoms with Gasteiger partial charge in [-0.2, -0.15) is 0 Å². The molecular formula is C28H25Cl. The number of rotatable bonds is 0. The largest absolute Gasteiger partial charge is 0.0837 e. The highest BCUT2D eigenvalue weighted by Gasteiger charge is 2.42. The Morgan fingerprint density at radius 2 is 1.41 bits per heavy atom. The Morgan fingerprint density at radius 3 is 2.24 bits per heavy atom. The molecule has 0 saturated carbocycles. The van der Waals surface area contributed by atoms with Crippen LogP contribution in [-0.4, -0.2) is 0 Å². The van der Waals surface area contributed by atoms with Crippen LogP contribution < -0.4 is 0 Å². The Morgan fingerprint density at radius 1 is 0.759 bits per heavy atom. The van der Waals surface area contributed by atoms with Crippen molar-refractivity contribution < 1.29 is 0 Å². The maximum atomic E-state index is 6.71. The van der Waals surface area contributed by atoms with Crippen LogP contribution in [0.15, 0.2) is 48.5 Å². The molecule has 3 aliphatic carbocycles. The standard InChI is InChI=1S/C28H25Cl/c1-27(2)21-10-7-11-25(29)26(21)20-15-23-19(14-24(20)27)18-12-16-8-5-6-9-17(16)13-22(18)28(23,3)4/h5,7-8,10-15H,6,9H2,1-4H3. The Kier molecular flexibility index (Phi) is 3.29. The van der Waals surface area contributed by atoms with Crippen molar-refractivity contribution in [3.8, 4) is 22.3 Å². The molecule has 0 nitrogen and oxygen atoms in total. The highest BCUT2D eigenvalue weighted by Crippen LogP contribution is 2.57. The van der Waals surface area contributed by atoms with E-state index in [0.29, 0.717) is 0 Å². The topological polar surface area (TPSA) is 0 Å². The minimum Gasteiger partial charge on any atom is -0.0837 e. The van der Waals surface area contributed by atoms with E-state index in [0.717, 1.165) is 17.9 Å². The molecule has 0 spiro atoms. The predicted molar refractivity (Wildman–Crippen MR) is 124 cm³/mol. The van der Waals surface area contributed by atoms with Crippen LogP contribution in [0.5, 0.6) is 0 Å². The van der Waals surface area contributed by atoms with E-state index in [9.17, 15) is 0 Å². The van der Waals surface area contributed by atoms with Crippen molar-refractivity contribution >= 4 is 17.7 Å². The Hall–Kier alpha value is -2.31. The van der Waals surface area contributed by atoms with Crippen molar-refractivity contribution in [2.24, 2.45) is 0 Å². The number of benzene rings is 3. The van der Waals surface area contributed by atoms with Crippen molar-refractivity contribution in [2.75, 3.05) is 0 Å². The summed E-state index contributed by atoms with van der Waals surface area (Å²) < 4.78 is 0. The second-order valence-corrected chi connectivity index (χ2v) is 10.3. The van der Waals surface area contributed by atoms with Crippen molar-refractivity contribution in [3.63, 3.8) is 0 Å². The fourth-order valence-corrected chi connectivity index (χ4v) is 6.17. The number of hydrogen-bond donors (Lipinski definition) is 0. The molecule has 0 N–H and O–H groups in total. The maximum Gasteiger partial charge on any atom is 0.0487 e. The van der Waals surface area contributed by atoms with Crippen LogP contribution in [0, 0.1) is 0 Å². The minimum absolute atomic E-state index is 0.00401. The predicted octanol–water partition coefficient (Wildman–Crippen LogP) is 7.91. The van der Waals surface area contributed by atoms with E-state index in [1.165, 1.54) is 55.6 Å². The SMILES string of the molecule is CC1(C)c2cc3c(cc2-c2cc4c(cc21)-c1c(Cl)cccc1C4(C)C)C=CCC3. The van der Waals surface area contributed by atoms with Gasteiger partial charge in [0.2, 0.25) is 0 Å². The molecule has 0 aromatic heterocycles. The highest BCUT2D eigenvalue weighted by atomic mass is 35.5. The smallest absolute Gasteiger partial charge is 0.0487 e. The van der Waals surface area contributed by atoms with Gasteiger partial charge in [-0.05, 0) is 87.2 Å². The molecule has 0 unspecified atom stereocenters. The molecule has 0 fully saturated rings. The average Bonchev–Trinajstić information content (AvgIpc) is 3.06. The van der Waals surface area contributed by atoms with E-state index >= 15 is 0 Å².